The number of nitrogens with zero attached hydrogens (tertiary/aromatic N) is 3. The fourth-order valence-corrected chi connectivity index (χ4v) is 5.18. The molecule has 0 spiro atoms. The Kier molecular flexibility index (Phi) is 5.81. The lowest BCUT2D eigenvalue weighted by molar-refractivity contribution is -0.119. The first-order valence-corrected chi connectivity index (χ1v) is 11.9. The Balaban J connectivity index is 1.64. The summed E-state index contributed by atoms with van der Waals surface area (Å²) in [6, 6.07) is 12.9. The number of rotatable bonds is 7. The van der Waals surface area contributed by atoms with Crippen LogP contribution in [0.4, 0.5) is 5.13 Å². The summed E-state index contributed by atoms with van der Waals surface area (Å²) in [5.74, 6) is -0.236. The molecule has 4 aromatic rings. The molecule has 1 aliphatic rings. The number of hydrogen-bond donors (Lipinski definition) is 1. The molecule has 3 heterocycles. The van der Waals surface area contributed by atoms with Crippen LogP contribution in [0.1, 0.15) is 46.6 Å². The SMILES string of the molecule is CC(C)Cc1nnc(N2C(=O)c3oc4ccccc4c(=O)c3[C@@H]2c2ccc(OCC(N)=O)cc2)s1. The molecule has 0 saturated heterocycles. The van der Waals surface area contributed by atoms with Crippen molar-refractivity contribution in [1.82, 2.24) is 10.2 Å². The molecular weight excluding hydrogens is 468 g/mol. The van der Waals surface area contributed by atoms with Gasteiger partial charge >= 0.3 is 0 Å². The molecule has 178 valence electrons. The van der Waals surface area contributed by atoms with E-state index in [1.165, 1.54) is 16.2 Å². The Bertz CT molecular complexity index is 1490. The Morgan fingerprint density at radius 3 is 2.60 bits per heavy atom. The molecule has 2 aromatic heterocycles. The van der Waals surface area contributed by atoms with Gasteiger partial charge in [-0.3, -0.25) is 19.3 Å². The van der Waals surface area contributed by atoms with Gasteiger partial charge in [0.25, 0.3) is 11.8 Å². The van der Waals surface area contributed by atoms with E-state index in [0.29, 0.717) is 33.3 Å². The monoisotopic (exact) mass is 490 g/mol. The Labute approximate surface area is 204 Å². The van der Waals surface area contributed by atoms with Crippen molar-refractivity contribution in [3.8, 4) is 5.75 Å². The number of amides is 2. The highest BCUT2D eigenvalue weighted by atomic mass is 32.1. The van der Waals surface area contributed by atoms with Gasteiger partial charge < -0.3 is 14.9 Å². The first-order valence-electron chi connectivity index (χ1n) is 11.1. The summed E-state index contributed by atoms with van der Waals surface area (Å²) in [6.45, 7) is 3.91. The van der Waals surface area contributed by atoms with Crippen molar-refractivity contribution in [3.05, 3.63) is 80.6 Å². The summed E-state index contributed by atoms with van der Waals surface area (Å²) in [5.41, 5.74) is 6.13. The van der Waals surface area contributed by atoms with Crippen molar-refractivity contribution in [2.75, 3.05) is 11.5 Å². The number of anilines is 1. The minimum Gasteiger partial charge on any atom is -0.484 e. The highest BCUT2D eigenvalue weighted by Gasteiger charge is 2.45. The van der Waals surface area contributed by atoms with E-state index in [2.05, 4.69) is 24.0 Å². The van der Waals surface area contributed by atoms with E-state index in [0.717, 1.165) is 11.4 Å². The van der Waals surface area contributed by atoms with Crippen LogP contribution in [0.5, 0.6) is 5.75 Å². The molecule has 35 heavy (non-hydrogen) atoms. The Morgan fingerprint density at radius 1 is 1.14 bits per heavy atom. The van der Waals surface area contributed by atoms with E-state index < -0.39 is 17.9 Å². The van der Waals surface area contributed by atoms with E-state index in [1.54, 1.807) is 48.5 Å². The first-order chi connectivity index (χ1) is 16.8. The molecule has 0 radical (unpaired) electrons. The number of hydrogen-bond acceptors (Lipinski definition) is 8. The second kappa shape index (κ2) is 8.95. The molecular formula is C25H22N4O5S. The molecule has 2 amide bonds. The minimum atomic E-state index is -0.761. The molecule has 1 aliphatic heterocycles. The Hall–Kier alpha value is -4.05. The molecule has 0 aliphatic carbocycles. The van der Waals surface area contributed by atoms with Crippen LogP contribution >= 0.6 is 11.3 Å². The lowest BCUT2D eigenvalue weighted by Crippen LogP contribution is -2.29. The number of carbonyl (C=O) groups excluding carboxylic acids is 2. The summed E-state index contributed by atoms with van der Waals surface area (Å²) in [7, 11) is 0. The third kappa shape index (κ3) is 4.17. The molecule has 2 N–H and O–H groups in total. The lowest BCUT2D eigenvalue weighted by Gasteiger charge is -2.22. The average molecular weight is 491 g/mol. The normalized spacial score (nSPS) is 15.1. The number of carbonyl (C=O) groups is 2. The van der Waals surface area contributed by atoms with Gasteiger partial charge in [0.2, 0.25) is 10.9 Å². The molecule has 0 fully saturated rings. The highest BCUT2D eigenvalue weighted by Crippen LogP contribution is 2.42. The van der Waals surface area contributed by atoms with Gasteiger partial charge in [-0.2, -0.15) is 0 Å². The third-order valence-electron chi connectivity index (χ3n) is 5.60. The zero-order valence-corrected chi connectivity index (χ0v) is 19.9. The number of nitrogens with two attached hydrogens (primary N) is 1. The maximum atomic E-state index is 13.6. The predicted octanol–water partition coefficient (Wildman–Crippen LogP) is 3.46. The molecule has 9 nitrogen and oxygen atoms in total. The van der Waals surface area contributed by atoms with E-state index in [9.17, 15) is 14.4 Å². The van der Waals surface area contributed by atoms with E-state index in [4.69, 9.17) is 14.9 Å². The van der Waals surface area contributed by atoms with Crippen LogP contribution in [0.15, 0.2) is 57.7 Å². The van der Waals surface area contributed by atoms with E-state index in [1.807, 2.05) is 0 Å². The van der Waals surface area contributed by atoms with Crippen molar-refractivity contribution < 1.29 is 18.7 Å². The van der Waals surface area contributed by atoms with Crippen LogP contribution in [0, 0.1) is 5.92 Å². The summed E-state index contributed by atoms with van der Waals surface area (Å²) in [4.78, 5) is 39.7. The van der Waals surface area contributed by atoms with E-state index in [-0.39, 0.29) is 23.4 Å². The zero-order chi connectivity index (χ0) is 24.7. The van der Waals surface area contributed by atoms with Gasteiger partial charge in [-0.1, -0.05) is 49.4 Å². The zero-order valence-electron chi connectivity index (χ0n) is 19.1. The lowest BCUT2D eigenvalue weighted by atomic mass is 9.98. The van der Waals surface area contributed by atoms with Gasteiger partial charge in [0.15, 0.2) is 12.0 Å². The fourth-order valence-electron chi connectivity index (χ4n) is 4.11. The predicted molar refractivity (Wildman–Crippen MR) is 131 cm³/mol. The van der Waals surface area contributed by atoms with Gasteiger partial charge in [-0.15, -0.1) is 10.2 Å². The van der Waals surface area contributed by atoms with Crippen molar-refractivity contribution in [3.63, 3.8) is 0 Å². The van der Waals surface area contributed by atoms with Crippen LogP contribution in [-0.2, 0) is 11.2 Å². The second-order valence-electron chi connectivity index (χ2n) is 8.65. The molecule has 0 saturated carbocycles. The average Bonchev–Trinajstić information content (AvgIpc) is 3.40. The van der Waals surface area contributed by atoms with Gasteiger partial charge in [-0.05, 0) is 35.7 Å². The number of ether oxygens (including phenoxy) is 1. The molecule has 2 aromatic carbocycles. The maximum absolute atomic E-state index is 13.6. The first kappa shape index (κ1) is 22.7. The largest absolute Gasteiger partial charge is 0.484 e. The van der Waals surface area contributed by atoms with Crippen LogP contribution in [-0.4, -0.2) is 28.6 Å². The Morgan fingerprint density at radius 2 is 1.89 bits per heavy atom. The summed E-state index contributed by atoms with van der Waals surface area (Å²) < 4.78 is 11.3. The van der Waals surface area contributed by atoms with Crippen molar-refractivity contribution >= 4 is 39.3 Å². The summed E-state index contributed by atoms with van der Waals surface area (Å²) >= 11 is 1.32. The van der Waals surface area contributed by atoms with Crippen LogP contribution in [0.2, 0.25) is 0 Å². The second-order valence-corrected chi connectivity index (χ2v) is 9.69. The van der Waals surface area contributed by atoms with Crippen LogP contribution in [0.25, 0.3) is 11.0 Å². The van der Waals surface area contributed by atoms with Crippen molar-refractivity contribution in [2.45, 2.75) is 26.3 Å². The molecule has 10 heteroatoms. The summed E-state index contributed by atoms with van der Waals surface area (Å²) in [5, 5.41) is 10.1. The minimum absolute atomic E-state index is 0.00614. The highest BCUT2D eigenvalue weighted by molar-refractivity contribution is 7.15. The molecule has 0 unspecified atom stereocenters. The van der Waals surface area contributed by atoms with Crippen molar-refractivity contribution in [2.24, 2.45) is 11.7 Å². The summed E-state index contributed by atoms with van der Waals surface area (Å²) in [6.07, 6.45) is 0.726. The number of para-hydroxylation sites is 1. The molecule has 0 bridgehead atoms. The van der Waals surface area contributed by atoms with Crippen LogP contribution in [0.3, 0.4) is 0 Å². The quantitative estimate of drug-likeness (QED) is 0.420. The van der Waals surface area contributed by atoms with Gasteiger partial charge in [0.1, 0.15) is 16.3 Å². The number of fused-ring (bicyclic) bond motifs is 2. The van der Waals surface area contributed by atoms with Gasteiger partial charge in [0.05, 0.1) is 17.0 Å². The standard InChI is InChI=1S/C25H22N4O5S/c1-13(2)11-19-27-28-25(35-19)29-21(14-7-9-15(10-8-14)33-12-18(26)30)20-22(31)16-5-3-4-6-17(16)34-23(20)24(29)32/h3-10,13,21H,11-12H2,1-2H3,(H2,26,30)/t21-/m0/s1. The van der Waals surface area contributed by atoms with Crippen LogP contribution < -0.4 is 20.8 Å². The number of benzene rings is 2. The third-order valence-corrected chi connectivity index (χ3v) is 6.54. The molecule has 5 rings (SSSR count). The smallest absolute Gasteiger partial charge is 0.297 e. The van der Waals surface area contributed by atoms with E-state index >= 15 is 0 Å². The number of primary amides is 1. The van der Waals surface area contributed by atoms with Gasteiger partial charge in [0, 0.05) is 6.42 Å². The fraction of sp³-hybridized carbons (Fsp3) is 0.240. The number of aromatic nitrogens is 2. The topological polar surface area (TPSA) is 129 Å². The maximum Gasteiger partial charge on any atom is 0.297 e. The van der Waals surface area contributed by atoms with Gasteiger partial charge in [-0.25, -0.2) is 0 Å². The molecule has 1 atom stereocenters. The van der Waals surface area contributed by atoms with Crippen molar-refractivity contribution in [1.29, 1.82) is 0 Å².